The number of para-hydroxylation sites is 2. The lowest BCUT2D eigenvalue weighted by atomic mass is 10.1. The van der Waals surface area contributed by atoms with Crippen molar-refractivity contribution in [2.75, 3.05) is 31.1 Å². The molecule has 0 bridgehead atoms. The summed E-state index contributed by atoms with van der Waals surface area (Å²) in [6, 6.07) is 11.9. The van der Waals surface area contributed by atoms with Gasteiger partial charge in [0.05, 0.1) is 22.0 Å². The topological polar surface area (TPSA) is 114 Å². The number of aromatic nitrogens is 2. The van der Waals surface area contributed by atoms with Gasteiger partial charge in [-0.2, -0.15) is 0 Å². The molecular formula is C24H28N6O4. The number of nitro benzene ring substituents is 1. The molecule has 0 saturated carbocycles. The van der Waals surface area contributed by atoms with Crippen molar-refractivity contribution in [1.29, 1.82) is 0 Å². The van der Waals surface area contributed by atoms with Gasteiger partial charge in [0.25, 0.3) is 11.6 Å². The Morgan fingerprint density at radius 2 is 1.85 bits per heavy atom. The molecule has 2 heterocycles. The van der Waals surface area contributed by atoms with Gasteiger partial charge in [0, 0.05) is 51.3 Å². The second-order valence-corrected chi connectivity index (χ2v) is 8.35. The van der Waals surface area contributed by atoms with Gasteiger partial charge in [0.15, 0.2) is 0 Å². The zero-order valence-electron chi connectivity index (χ0n) is 19.5. The Morgan fingerprint density at radius 3 is 2.50 bits per heavy atom. The molecule has 2 amide bonds. The minimum Gasteiger partial charge on any atom is -0.362 e. The molecule has 1 unspecified atom stereocenters. The third kappa shape index (κ3) is 4.43. The lowest BCUT2D eigenvalue weighted by Gasteiger charge is -2.35. The number of fused-ring (bicyclic) bond motifs is 1. The molecule has 2 aromatic carbocycles. The number of anilines is 1. The second kappa shape index (κ2) is 9.50. The van der Waals surface area contributed by atoms with E-state index < -0.39 is 16.9 Å². The fourth-order valence-corrected chi connectivity index (χ4v) is 4.44. The Balaban J connectivity index is 1.54. The van der Waals surface area contributed by atoms with Crippen LogP contribution in [-0.2, 0) is 11.3 Å². The summed E-state index contributed by atoms with van der Waals surface area (Å²) in [5.74, 6) is 0.316. The van der Waals surface area contributed by atoms with Gasteiger partial charge in [0.1, 0.15) is 11.5 Å². The Kier molecular flexibility index (Phi) is 6.49. The number of nitro groups is 1. The van der Waals surface area contributed by atoms with Gasteiger partial charge in [-0.3, -0.25) is 19.7 Å². The molecule has 1 atom stereocenters. The van der Waals surface area contributed by atoms with E-state index in [9.17, 15) is 19.7 Å². The SMILES string of the molecule is CCn1c(C(C)NC(=O)c2ccc(N3CCN(C(C)=O)CC3)c([N+](=O)[O-])c2)nc2ccccc21. The minimum absolute atomic E-state index is 0.00751. The summed E-state index contributed by atoms with van der Waals surface area (Å²) in [5.41, 5.74) is 2.38. The monoisotopic (exact) mass is 464 g/mol. The standard InChI is InChI=1S/C24H28N6O4/c1-4-29-20-8-6-5-7-19(20)26-23(29)16(2)25-24(32)18-9-10-21(22(15-18)30(33)34)28-13-11-27(12-14-28)17(3)31/h5-10,15-16H,4,11-14H2,1-3H3,(H,25,32). The molecule has 1 saturated heterocycles. The Hall–Kier alpha value is -3.95. The zero-order chi connectivity index (χ0) is 24.4. The van der Waals surface area contributed by atoms with E-state index in [0.29, 0.717) is 38.4 Å². The van der Waals surface area contributed by atoms with Crippen LogP contribution in [-0.4, -0.2) is 57.4 Å². The maximum absolute atomic E-state index is 13.0. The van der Waals surface area contributed by atoms with E-state index in [1.807, 2.05) is 47.6 Å². The molecule has 178 valence electrons. The fraction of sp³-hybridized carbons (Fsp3) is 0.375. The van der Waals surface area contributed by atoms with Crippen molar-refractivity contribution in [2.45, 2.75) is 33.4 Å². The number of amides is 2. The molecule has 0 aliphatic carbocycles. The van der Waals surface area contributed by atoms with E-state index in [2.05, 4.69) is 10.3 Å². The van der Waals surface area contributed by atoms with Gasteiger partial charge >= 0.3 is 0 Å². The lowest BCUT2D eigenvalue weighted by molar-refractivity contribution is -0.384. The smallest absolute Gasteiger partial charge is 0.293 e. The Bertz CT molecular complexity index is 1250. The first kappa shape index (κ1) is 23.2. The minimum atomic E-state index is -0.469. The van der Waals surface area contributed by atoms with Gasteiger partial charge in [-0.1, -0.05) is 12.1 Å². The van der Waals surface area contributed by atoms with Crippen molar-refractivity contribution in [3.8, 4) is 0 Å². The van der Waals surface area contributed by atoms with Crippen LogP contribution in [0, 0.1) is 10.1 Å². The Labute approximate surface area is 197 Å². The largest absolute Gasteiger partial charge is 0.362 e. The van der Waals surface area contributed by atoms with Gasteiger partial charge < -0.3 is 19.7 Å². The number of carbonyl (C=O) groups excluding carboxylic acids is 2. The number of nitrogens with zero attached hydrogens (tertiary/aromatic N) is 5. The molecule has 1 aromatic heterocycles. The predicted octanol–water partition coefficient (Wildman–Crippen LogP) is 3.12. The molecule has 0 spiro atoms. The van der Waals surface area contributed by atoms with Crippen LogP contribution >= 0.6 is 0 Å². The molecule has 1 aliphatic heterocycles. The summed E-state index contributed by atoms with van der Waals surface area (Å²) in [6.07, 6.45) is 0. The van der Waals surface area contributed by atoms with Crippen LogP contribution in [0.25, 0.3) is 11.0 Å². The Morgan fingerprint density at radius 1 is 1.15 bits per heavy atom. The van der Waals surface area contributed by atoms with Crippen molar-refractivity contribution in [3.05, 3.63) is 64.0 Å². The van der Waals surface area contributed by atoms with Gasteiger partial charge in [-0.15, -0.1) is 0 Å². The average molecular weight is 465 g/mol. The summed E-state index contributed by atoms with van der Waals surface area (Å²) in [5, 5.41) is 14.7. The van der Waals surface area contributed by atoms with Crippen molar-refractivity contribution < 1.29 is 14.5 Å². The van der Waals surface area contributed by atoms with E-state index in [1.54, 1.807) is 17.0 Å². The van der Waals surface area contributed by atoms with E-state index in [-0.39, 0.29) is 17.2 Å². The van der Waals surface area contributed by atoms with Crippen molar-refractivity contribution in [1.82, 2.24) is 19.8 Å². The van der Waals surface area contributed by atoms with Gasteiger partial charge in [-0.05, 0) is 38.1 Å². The molecule has 3 aromatic rings. The highest BCUT2D eigenvalue weighted by Crippen LogP contribution is 2.30. The number of rotatable bonds is 6. The van der Waals surface area contributed by atoms with Crippen LogP contribution in [0.15, 0.2) is 42.5 Å². The van der Waals surface area contributed by atoms with Crippen molar-refractivity contribution >= 4 is 34.2 Å². The number of piperazine rings is 1. The lowest BCUT2D eigenvalue weighted by Crippen LogP contribution is -2.48. The van der Waals surface area contributed by atoms with E-state index in [0.717, 1.165) is 16.9 Å². The average Bonchev–Trinajstić information content (AvgIpc) is 3.22. The second-order valence-electron chi connectivity index (χ2n) is 8.35. The predicted molar refractivity (Wildman–Crippen MR) is 129 cm³/mol. The third-order valence-corrected chi connectivity index (χ3v) is 6.24. The summed E-state index contributed by atoms with van der Waals surface area (Å²) in [4.78, 5) is 44.2. The van der Waals surface area contributed by atoms with Crippen LogP contribution in [0.2, 0.25) is 0 Å². The highest BCUT2D eigenvalue weighted by molar-refractivity contribution is 5.96. The van der Waals surface area contributed by atoms with E-state index >= 15 is 0 Å². The number of benzene rings is 2. The van der Waals surface area contributed by atoms with Crippen molar-refractivity contribution in [2.24, 2.45) is 0 Å². The van der Waals surface area contributed by atoms with Crippen LogP contribution < -0.4 is 10.2 Å². The maximum Gasteiger partial charge on any atom is 0.293 e. The molecule has 4 rings (SSSR count). The highest BCUT2D eigenvalue weighted by Gasteiger charge is 2.26. The first-order valence-electron chi connectivity index (χ1n) is 11.3. The highest BCUT2D eigenvalue weighted by atomic mass is 16.6. The van der Waals surface area contributed by atoms with Crippen LogP contribution in [0.5, 0.6) is 0 Å². The molecule has 10 nitrogen and oxygen atoms in total. The molecule has 1 aliphatic rings. The summed E-state index contributed by atoms with van der Waals surface area (Å²) in [6.45, 7) is 8.09. The molecule has 34 heavy (non-hydrogen) atoms. The normalized spacial score (nSPS) is 14.8. The molecule has 1 fully saturated rings. The fourth-order valence-electron chi connectivity index (χ4n) is 4.44. The van der Waals surface area contributed by atoms with Crippen LogP contribution in [0.3, 0.4) is 0 Å². The number of aryl methyl sites for hydroxylation is 1. The molecule has 10 heteroatoms. The van der Waals surface area contributed by atoms with Gasteiger partial charge in [0.2, 0.25) is 5.91 Å². The van der Waals surface area contributed by atoms with Crippen molar-refractivity contribution in [3.63, 3.8) is 0 Å². The first-order valence-corrected chi connectivity index (χ1v) is 11.3. The number of nitrogens with one attached hydrogen (secondary N) is 1. The number of hydrogen-bond acceptors (Lipinski definition) is 6. The number of imidazole rings is 1. The van der Waals surface area contributed by atoms with Gasteiger partial charge in [-0.25, -0.2) is 4.98 Å². The summed E-state index contributed by atoms with van der Waals surface area (Å²) < 4.78 is 2.05. The number of hydrogen-bond donors (Lipinski definition) is 1. The molecule has 1 N–H and O–H groups in total. The number of carbonyl (C=O) groups is 2. The van der Waals surface area contributed by atoms with Crippen LogP contribution in [0.1, 0.15) is 43.0 Å². The maximum atomic E-state index is 13.0. The van der Waals surface area contributed by atoms with E-state index in [1.165, 1.54) is 13.0 Å². The molecule has 0 radical (unpaired) electrons. The zero-order valence-corrected chi connectivity index (χ0v) is 19.5. The quantitative estimate of drug-likeness (QED) is 0.443. The third-order valence-electron chi connectivity index (χ3n) is 6.24. The van der Waals surface area contributed by atoms with E-state index in [4.69, 9.17) is 0 Å². The first-order chi connectivity index (χ1) is 16.3. The summed E-state index contributed by atoms with van der Waals surface area (Å²) in [7, 11) is 0. The van der Waals surface area contributed by atoms with Crippen LogP contribution in [0.4, 0.5) is 11.4 Å². The molecular weight excluding hydrogens is 436 g/mol. The summed E-state index contributed by atoms with van der Waals surface area (Å²) >= 11 is 0.